The van der Waals surface area contributed by atoms with Crippen LogP contribution in [0.5, 0.6) is 5.75 Å². The first-order valence-electron chi connectivity index (χ1n) is 6.91. The van der Waals surface area contributed by atoms with Gasteiger partial charge in [-0.05, 0) is 23.6 Å². The Hall–Kier alpha value is -2.43. The summed E-state index contributed by atoms with van der Waals surface area (Å²) >= 11 is 0. The molecular weight excluding hydrogens is 266 g/mol. The van der Waals surface area contributed by atoms with E-state index in [1.165, 1.54) is 18.6 Å². The van der Waals surface area contributed by atoms with Gasteiger partial charge in [0.25, 0.3) is 5.91 Å². The number of carbonyl (C=O) groups is 1. The Morgan fingerprint density at radius 3 is 2.62 bits per heavy atom. The van der Waals surface area contributed by atoms with Crippen molar-refractivity contribution < 1.29 is 9.53 Å². The highest BCUT2D eigenvalue weighted by Gasteiger charge is 2.06. The Labute approximate surface area is 124 Å². The van der Waals surface area contributed by atoms with Crippen LogP contribution in [0.1, 0.15) is 29.9 Å². The average Bonchev–Trinajstić information content (AvgIpc) is 2.52. The van der Waals surface area contributed by atoms with Gasteiger partial charge in [-0.15, -0.1) is 0 Å². The normalized spacial score (nSPS) is 10.4. The number of nitrogens with one attached hydrogen (secondary N) is 1. The molecule has 2 rings (SSSR count). The van der Waals surface area contributed by atoms with Crippen LogP contribution in [-0.4, -0.2) is 22.5 Å². The third kappa shape index (κ3) is 4.87. The molecule has 5 nitrogen and oxygen atoms in total. The van der Waals surface area contributed by atoms with Crippen LogP contribution in [0.2, 0.25) is 0 Å². The van der Waals surface area contributed by atoms with E-state index in [1.807, 2.05) is 24.3 Å². The van der Waals surface area contributed by atoms with Crippen LogP contribution in [0.15, 0.2) is 42.9 Å². The molecular formula is C16H19N3O2. The van der Waals surface area contributed by atoms with Gasteiger partial charge in [0.05, 0.1) is 12.8 Å². The lowest BCUT2D eigenvalue weighted by Gasteiger charge is -2.09. The molecule has 0 bridgehead atoms. The van der Waals surface area contributed by atoms with Gasteiger partial charge in [-0.2, -0.15) is 0 Å². The summed E-state index contributed by atoms with van der Waals surface area (Å²) < 4.78 is 5.61. The van der Waals surface area contributed by atoms with E-state index in [0.717, 1.165) is 11.3 Å². The first kappa shape index (κ1) is 15.0. The highest BCUT2D eigenvalue weighted by Crippen LogP contribution is 2.13. The van der Waals surface area contributed by atoms with Crippen LogP contribution < -0.4 is 10.1 Å². The molecule has 5 heteroatoms. The molecule has 0 saturated carbocycles. The molecule has 0 aliphatic carbocycles. The summed E-state index contributed by atoms with van der Waals surface area (Å²) in [5, 5.41) is 2.80. The molecule has 1 heterocycles. The maximum Gasteiger partial charge on any atom is 0.271 e. The molecule has 0 saturated heterocycles. The maximum absolute atomic E-state index is 11.8. The number of rotatable bonds is 6. The quantitative estimate of drug-likeness (QED) is 0.885. The largest absolute Gasteiger partial charge is 0.493 e. The van der Waals surface area contributed by atoms with Crippen LogP contribution in [0, 0.1) is 5.92 Å². The maximum atomic E-state index is 11.8. The minimum Gasteiger partial charge on any atom is -0.493 e. The van der Waals surface area contributed by atoms with E-state index >= 15 is 0 Å². The summed E-state index contributed by atoms with van der Waals surface area (Å²) in [5.74, 6) is 1.10. The molecule has 2 aromatic rings. The van der Waals surface area contributed by atoms with E-state index in [-0.39, 0.29) is 5.91 Å². The van der Waals surface area contributed by atoms with Gasteiger partial charge in [-0.3, -0.25) is 9.78 Å². The first-order chi connectivity index (χ1) is 10.1. The van der Waals surface area contributed by atoms with Gasteiger partial charge in [0.1, 0.15) is 11.4 Å². The average molecular weight is 285 g/mol. The molecule has 0 fully saturated rings. The van der Waals surface area contributed by atoms with Gasteiger partial charge in [-0.1, -0.05) is 26.0 Å². The Kier molecular flexibility index (Phi) is 5.26. The van der Waals surface area contributed by atoms with Crippen LogP contribution in [0.25, 0.3) is 0 Å². The number of carbonyl (C=O) groups excluding carboxylic acids is 1. The Balaban J connectivity index is 1.85. The highest BCUT2D eigenvalue weighted by atomic mass is 16.5. The summed E-state index contributed by atoms with van der Waals surface area (Å²) in [6.07, 6.45) is 4.47. The fourth-order valence-electron chi connectivity index (χ4n) is 1.66. The van der Waals surface area contributed by atoms with Crippen LogP contribution in [0.4, 0.5) is 0 Å². The predicted molar refractivity (Wildman–Crippen MR) is 80.0 cm³/mol. The number of benzene rings is 1. The summed E-state index contributed by atoms with van der Waals surface area (Å²) in [7, 11) is 0. The van der Waals surface area contributed by atoms with Crippen molar-refractivity contribution in [2.45, 2.75) is 20.4 Å². The van der Waals surface area contributed by atoms with Crippen LogP contribution >= 0.6 is 0 Å². The van der Waals surface area contributed by atoms with Crippen molar-refractivity contribution in [3.8, 4) is 5.75 Å². The van der Waals surface area contributed by atoms with E-state index in [1.54, 1.807) is 0 Å². The van der Waals surface area contributed by atoms with Gasteiger partial charge in [-0.25, -0.2) is 4.98 Å². The number of nitrogens with zero attached hydrogens (tertiary/aromatic N) is 2. The molecule has 0 atom stereocenters. The molecule has 110 valence electrons. The summed E-state index contributed by atoms with van der Waals surface area (Å²) in [5.41, 5.74) is 1.32. The fourth-order valence-corrected chi connectivity index (χ4v) is 1.66. The third-order valence-corrected chi connectivity index (χ3v) is 2.76. The molecule has 0 spiro atoms. The van der Waals surface area contributed by atoms with Crippen molar-refractivity contribution in [1.82, 2.24) is 15.3 Å². The van der Waals surface area contributed by atoms with Gasteiger partial charge < -0.3 is 10.1 Å². The zero-order valence-corrected chi connectivity index (χ0v) is 12.2. The van der Waals surface area contributed by atoms with Crippen molar-refractivity contribution in [2.75, 3.05) is 6.61 Å². The number of amides is 1. The van der Waals surface area contributed by atoms with E-state index < -0.39 is 0 Å². The summed E-state index contributed by atoms with van der Waals surface area (Å²) in [4.78, 5) is 19.6. The minimum atomic E-state index is -0.233. The van der Waals surface area contributed by atoms with Crippen LogP contribution in [0.3, 0.4) is 0 Å². The number of ether oxygens (including phenoxy) is 1. The SMILES string of the molecule is CC(C)COc1ccc(CNC(=O)c2cnccn2)cc1. The second-order valence-electron chi connectivity index (χ2n) is 5.12. The molecule has 1 N–H and O–H groups in total. The van der Waals surface area contributed by atoms with Crippen molar-refractivity contribution in [3.05, 3.63) is 54.1 Å². The molecule has 21 heavy (non-hydrogen) atoms. The Morgan fingerprint density at radius 2 is 2.00 bits per heavy atom. The van der Waals surface area contributed by atoms with E-state index in [2.05, 4.69) is 29.1 Å². The minimum absolute atomic E-state index is 0.233. The van der Waals surface area contributed by atoms with Crippen molar-refractivity contribution in [1.29, 1.82) is 0 Å². The second-order valence-corrected chi connectivity index (χ2v) is 5.12. The molecule has 1 aromatic carbocycles. The third-order valence-electron chi connectivity index (χ3n) is 2.76. The van der Waals surface area contributed by atoms with Crippen molar-refractivity contribution in [2.24, 2.45) is 5.92 Å². The number of aromatic nitrogens is 2. The second kappa shape index (κ2) is 7.38. The van der Waals surface area contributed by atoms with Crippen molar-refractivity contribution in [3.63, 3.8) is 0 Å². The van der Waals surface area contributed by atoms with Gasteiger partial charge in [0.15, 0.2) is 0 Å². The zero-order chi connectivity index (χ0) is 15.1. The molecule has 0 radical (unpaired) electrons. The number of hydrogen-bond acceptors (Lipinski definition) is 4. The summed E-state index contributed by atoms with van der Waals surface area (Å²) in [6.45, 7) is 5.36. The fraction of sp³-hybridized carbons (Fsp3) is 0.312. The van der Waals surface area contributed by atoms with E-state index in [0.29, 0.717) is 24.8 Å². The lowest BCUT2D eigenvalue weighted by Crippen LogP contribution is -2.23. The zero-order valence-electron chi connectivity index (χ0n) is 12.2. The molecule has 0 aliphatic heterocycles. The topological polar surface area (TPSA) is 64.1 Å². The lowest BCUT2D eigenvalue weighted by molar-refractivity contribution is 0.0945. The molecule has 0 aliphatic rings. The molecule has 1 aromatic heterocycles. The van der Waals surface area contributed by atoms with Gasteiger partial charge in [0.2, 0.25) is 0 Å². The van der Waals surface area contributed by atoms with E-state index in [9.17, 15) is 4.79 Å². The number of hydrogen-bond donors (Lipinski definition) is 1. The highest BCUT2D eigenvalue weighted by molar-refractivity contribution is 5.91. The monoisotopic (exact) mass is 285 g/mol. The van der Waals surface area contributed by atoms with Crippen LogP contribution in [-0.2, 0) is 6.54 Å². The standard InChI is InChI=1S/C16H19N3O2/c1-12(2)11-21-14-5-3-13(4-6-14)9-19-16(20)15-10-17-7-8-18-15/h3-8,10,12H,9,11H2,1-2H3,(H,19,20). The van der Waals surface area contributed by atoms with Crippen molar-refractivity contribution >= 4 is 5.91 Å². The first-order valence-corrected chi connectivity index (χ1v) is 6.91. The van der Waals surface area contributed by atoms with Gasteiger partial charge in [0, 0.05) is 18.9 Å². The van der Waals surface area contributed by atoms with Gasteiger partial charge >= 0.3 is 0 Å². The predicted octanol–water partition coefficient (Wildman–Crippen LogP) is 2.44. The smallest absolute Gasteiger partial charge is 0.271 e. The molecule has 0 unspecified atom stereocenters. The lowest BCUT2D eigenvalue weighted by atomic mass is 10.2. The van der Waals surface area contributed by atoms with E-state index in [4.69, 9.17) is 4.74 Å². The Bertz CT molecular complexity index is 568. The summed E-state index contributed by atoms with van der Waals surface area (Å²) in [6, 6.07) is 7.69. The molecule has 1 amide bonds. The Morgan fingerprint density at radius 1 is 1.24 bits per heavy atom.